The normalized spacial score (nSPS) is 12.3. The van der Waals surface area contributed by atoms with E-state index in [-0.39, 0.29) is 24.5 Å². The van der Waals surface area contributed by atoms with Crippen LogP contribution in [-0.2, 0) is 22.1 Å². The number of carbonyl (C=O) groups excluding carboxylic acids is 1. The average Bonchev–Trinajstić information content (AvgIpc) is 3.12. The maximum absolute atomic E-state index is 13.1. The summed E-state index contributed by atoms with van der Waals surface area (Å²) in [6.45, 7) is 3.64. The van der Waals surface area contributed by atoms with Gasteiger partial charge in [0, 0.05) is 18.1 Å². The summed E-state index contributed by atoms with van der Waals surface area (Å²) in [5.74, 6) is 0.217. The molecule has 0 amide bonds. The number of esters is 1. The lowest BCUT2D eigenvalue weighted by molar-refractivity contribution is -0.612. The first-order valence-electron chi connectivity index (χ1n) is 9.25. The standard InChI is InChI=1S/C20H20F3N3O3S2/c1-4-29-17(27)19(30,31)10-15-11(2)16(28-3)7-8-26(15)18-24-13-6-5-12(20(21,22)23)9-14(13)25-18/h5-9H,4,10H2,1-3H3,(H2-,24,25,30,31)/p+1. The number of pyridine rings is 1. The lowest BCUT2D eigenvalue weighted by Crippen LogP contribution is -2.42. The number of alkyl halides is 3. The van der Waals surface area contributed by atoms with Crippen molar-refractivity contribution in [1.82, 2.24) is 9.97 Å². The first-order valence-corrected chi connectivity index (χ1v) is 10.1. The minimum absolute atomic E-state index is 0.0337. The Morgan fingerprint density at radius 2 is 1.97 bits per heavy atom. The Morgan fingerprint density at radius 1 is 1.26 bits per heavy atom. The monoisotopic (exact) mass is 472 g/mol. The van der Waals surface area contributed by atoms with Gasteiger partial charge in [0.15, 0.2) is 9.60 Å². The molecule has 0 radical (unpaired) electrons. The average molecular weight is 473 g/mol. The summed E-state index contributed by atoms with van der Waals surface area (Å²) < 4.78 is 49.8. The van der Waals surface area contributed by atoms with Crippen LogP contribution in [0.5, 0.6) is 5.75 Å². The van der Waals surface area contributed by atoms with E-state index < -0.39 is 21.8 Å². The minimum atomic E-state index is -4.47. The number of aromatic nitrogens is 3. The number of methoxy groups -OCH3 is 1. The third-order valence-electron chi connectivity index (χ3n) is 4.73. The second-order valence-corrected chi connectivity index (χ2v) is 8.71. The molecule has 6 nitrogen and oxygen atoms in total. The van der Waals surface area contributed by atoms with E-state index in [1.807, 2.05) is 0 Å². The molecule has 0 unspecified atom stereocenters. The van der Waals surface area contributed by atoms with E-state index in [2.05, 4.69) is 35.2 Å². The summed E-state index contributed by atoms with van der Waals surface area (Å²) in [6.07, 6.45) is -2.79. The van der Waals surface area contributed by atoms with Gasteiger partial charge in [0.25, 0.3) is 0 Å². The van der Waals surface area contributed by atoms with E-state index in [1.54, 1.807) is 30.7 Å². The molecule has 3 rings (SSSR count). The van der Waals surface area contributed by atoms with Crippen LogP contribution in [0.15, 0.2) is 30.5 Å². The number of rotatable bonds is 6. The van der Waals surface area contributed by atoms with Gasteiger partial charge in [0.05, 0.1) is 31.2 Å². The van der Waals surface area contributed by atoms with Gasteiger partial charge in [-0.3, -0.25) is 0 Å². The summed E-state index contributed by atoms with van der Waals surface area (Å²) >= 11 is 8.74. The number of imidazole rings is 1. The number of fused-ring (bicyclic) bond motifs is 1. The molecule has 166 valence electrons. The van der Waals surface area contributed by atoms with Crippen LogP contribution in [0.1, 0.15) is 23.7 Å². The van der Waals surface area contributed by atoms with Crippen LogP contribution >= 0.6 is 25.3 Å². The first-order chi connectivity index (χ1) is 14.5. The molecule has 31 heavy (non-hydrogen) atoms. The number of ether oxygens (including phenoxy) is 2. The number of aromatic amines is 1. The van der Waals surface area contributed by atoms with Crippen LogP contribution in [0.3, 0.4) is 0 Å². The number of carbonyl (C=O) groups is 1. The van der Waals surface area contributed by atoms with Crippen molar-refractivity contribution in [2.75, 3.05) is 13.7 Å². The van der Waals surface area contributed by atoms with Crippen molar-refractivity contribution in [3.63, 3.8) is 0 Å². The third-order valence-corrected chi connectivity index (χ3v) is 5.41. The lowest BCUT2D eigenvalue weighted by atomic mass is 10.1. The first kappa shape index (κ1) is 23.3. The second kappa shape index (κ2) is 8.62. The topological polar surface area (TPSA) is 68.1 Å². The van der Waals surface area contributed by atoms with E-state index in [0.717, 1.165) is 12.1 Å². The minimum Gasteiger partial charge on any atom is -0.496 e. The van der Waals surface area contributed by atoms with Crippen molar-refractivity contribution in [2.24, 2.45) is 0 Å². The van der Waals surface area contributed by atoms with Gasteiger partial charge in [-0.1, -0.05) is 4.98 Å². The van der Waals surface area contributed by atoms with Gasteiger partial charge in [0.1, 0.15) is 11.3 Å². The van der Waals surface area contributed by atoms with Crippen LogP contribution < -0.4 is 9.30 Å². The van der Waals surface area contributed by atoms with E-state index in [4.69, 9.17) is 9.47 Å². The Balaban J connectivity index is 2.13. The molecule has 0 aliphatic carbocycles. The number of thiol groups is 2. The molecule has 3 aromatic rings. The summed E-state index contributed by atoms with van der Waals surface area (Å²) in [6, 6.07) is 4.97. The maximum atomic E-state index is 13.1. The van der Waals surface area contributed by atoms with Crippen molar-refractivity contribution in [1.29, 1.82) is 0 Å². The lowest BCUT2D eigenvalue weighted by Gasteiger charge is -2.22. The van der Waals surface area contributed by atoms with E-state index in [0.29, 0.717) is 22.5 Å². The van der Waals surface area contributed by atoms with Gasteiger partial charge in [0.2, 0.25) is 0 Å². The number of nitrogens with one attached hydrogen (secondary N) is 1. The Hall–Kier alpha value is -2.40. The highest BCUT2D eigenvalue weighted by Crippen LogP contribution is 2.32. The number of nitrogens with zero attached hydrogens (tertiary/aromatic N) is 2. The zero-order chi connectivity index (χ0) is 23.0. The molecule has 11 heteroatoms. The zero-order valence-electron chi connectivity index (χ0n) is 16.9. The van der Waals surface area contributed by atoms with Crippen LogP contribution in [0.25, 0.3) is 17.0 Å². The zero-order valence-corrected chi connectivity index (χ0v) is 18.7. The van der Waals surface area contributed by atoms with Crippen LogP contribution in [0.2, 0.25) is 0 Å². The highest BCUT2D eigenvalue weighted by Gasteiger charge is 2.36. The Bertz CT molecular complexity index is 1130. The Morgan fingerprint density at radius 3 is 2.58 bits per heavy atom. The fraction of sp³-hybridized carbons (Fsp3) is 0.350. The molecule has 0 aliphatic heterocycles. The third kappa shape index (κ3) is 4.77. The van der Waals surface area contributed by atoms with Gasteiger partial charge >= 0.3 is 18.1 Å². The highest BCUT2D eigenvalue weighted by molar-refractivity contribution is 8.01. The van der Waals surface area contributed by atoms with Crippen molar-refractivity contribution in [3.05, 3.63) is 47.3 Å². The number of benzene rings is 1. The van der Waals surface area contributed by atoms with E-state index in [9.17, 15) is 18.0 Å². The molecular weight excluding hydrogens is 451 g/mol. The van der Waals surface area contributed by atoms with Crippen LogP contribution in [0.4, 0.5) is 13.2 Å². The van der Waals surface area contributed by atoms with Gasteiger partial charge in [-0.15, -0.1) is 25.3 Å². The summed E-state index contributed by atoms with van der Waals surface area (Å²) in [5.41, 5.74) is 1.08. The molecule has 0 atom stereocenters. The molecule has 0 saturated carbocycles. The Labute approximate surface area is 187 Å². The van der Waals surface area contributed by atoms with Gasteiger partial charge in [-0.25, -0.2) is 14.3 Å². The maximum Gasteiger partial charge on any atom is 0.416 e. The van der Waals surface area contributed by atoms with Crippen LogP contribution in [0, 0.1) is 6.92 Å². The molecule has 0 aliphatic rings. The van der Waals surface area contributed by atoms with Gasteiger partial charge < -0.3 is 9.47 Å². The van der Waals surface area contributed by atoms with Gasteiger partial charge in [-0.05, 0) is 32.0 Å². The van der Waals surface area contributed by atoms with Crippen molar-refractivity contribution < 1.29 is 32.0 Å². The molecule has 2 heterocycles. The predicted octanol–water partition coefficient (Wildman–Crippen LogP) is 3.84. The number of H-pyrrole nitrogens is 1. The number of hydrogen-bond acceptors (Lipinski definition) is 6. The number of halogens is 3. The molecule has 0 spiro atoms. The van der Waals surface area contributed by atoms with E-state index in [1.165, 1.54) is 13.2 Å². The summed E-state index contributed by atoms with van der Waals surface area (Å²) in [7, 11) is 1.51. The summed E-state index contributed by atoms with van der Waals surface area (Å²) in [4.78, 5) is 19.6. The molecule has 2 aromatic heterocycles. The smallest absolute Gasteiger partial charge is 0.416 e. The van der Waals surface area contributed by atoms with Gasteiger partial charge in [-0.2, -0.15) is 13.2 Å². The molecular formula is C20H21F3N3O3S2+. The second-order valence-electron chi connectivity index (χ2n) is 6.83. The molecule has 0 bridgehead atoms. The molecule has 0 fully saturated rings. The quantitative estimate of drug-likeness (QED) is 0.221. The number of hydrogen-bond donors (Lipinski definition) is 3. The predicted molar refractivity (Wildman–Crippen MR) is 115 cm³/mol. The molecule has 0 saturated heterocycles. The largest absolute Gasteiger partial charge is 0.496 e. The highest BCUT2D eigenvalue weighted by atomic mass is 32.2. The SMILES string of the molecule is CCOC(=O)C(S)(S)Cc1c(C)c(OC)cc[n+]1-c1nc2ccc(C(F)(F)F)cc2[nH]1. The molecule has 1 N–H and O–H groups in total. The van der Waals surface area contributed by atoms with Crippen molar-refractivity contribution in [3.8, 4) is 11.7 Å². The Kier molecular flexibility index (Phi) is 6.47. The fourth-order valence-corrected chi connectivity index (χ4v) is 3.58. The molecule has 1 aromatic carbocycles. The fourth-order valence-electron chi connectivity index (χ4n) is 3.16. The van der Waals surface area contributed by atoms with E-state index >= 15 is 0 Å². The van der Waals surface area contributed by atoms with Crippen molar-refractivity contribution in [2.45, 2.75) is 30.5 Å². The van der Waals surface area contributed by atoms with Crippen molar-refractivity contribution >= 4 is 42.3 Å². The van der Waals surface area contributed by atoms with Crippen LogP contribution in [-0.4, -0.2) is 33.7 Å². The summed E-state index contributed by atoms with van der Waals surface area (Å²) in [5, 5.41) is 0.